The van der Waals surface area contributed by atoms with Gasteiger partial charge in [0.1, 0.15) is 18.1 Å². The number of nitrogens with two attached hydrogens (primary N) is 1. The van der Waals surface area contributed by atoms with Gasteiger partial charge >= 0.3 is 0 Å². The fourth-order valence-corrected chi connectivity index (χ4v) is 3.18. The molecule has 0 saturated carbocycles. The van der Waals surface area contributed by atoms with Crippen molar-refractivity contribution in [2.24, 2.45) is 5.73 Å². The number of hydrogen-bond acceptors (Lipinski definition) is 4. The monoisotopic (exact) mass is 328 g/mol. The van der Waals surface area contributed by atoms with E-state index in [1.54, 1.807) is 6.07 Å². The van der Waals surface area contributed by atoms with Gasteiger partial charge in [0.2, 0.25) is 0 Å². The Bertz CT molecular complexity index is 698. The fourth-order valence-electron chi connectivity index (χ4n) is 3.18. The number of likely N-dealkylation sites (tertiary alicyclic amines) is 1. The summed E-state index contributed by atoms with van der Waals surface area (Å²) in [6, 6.07) is 9.89. The van der Waals surface area contributed by atoms with Gasteiger partial charge in [-0.3, -0.25) is 14.8 Å². The maximum atomic E-state index is 11.2. The van der Waals surface area contributed by atoms with Crippen LogP contribution in [-0.2, 0) is 0 Å². The maximum Gasteiger partial charge on any atom is 0.269 e. The number of nitrogens with one attached hydrogen (secondary N) is 1. The Morgan fingerprint density at radius 3 is 3.08 bits per heavy atom. The first kappa shape index (κ1) is 16.5. The van der Waals surface area contributed by atoms with E-state index in [1.807, 2.05) is 12.1 Å². The molecule has 1 aromatic heterocycles. The molecule has 1 aliphatic heterocycles. The first-order valence-corrected chi connectivity index (χ1v) is 8.39. The van der Waals surface area contributed by atoms with Gasteiger partial charge in [-0.2, -0.15) is 5.10 Å². The maximum absolute atomic E-state index is 11.2. The molecule has 0 spiro atoms. The van der Waals surface area contributed by atoms with E-state index in [0.29, 0.717) is 18.2 Å². The van der Waals surface area contributed by atoms with Crippen LogP contribution >= 0.6 is 0 Å². The first-order valence-electron chi connectivity index (χ1n) is 8.39. The van der Waals surface area contributed by atoms with Crippen molar-refractivity contribution in [2.45, 2.75) is 25.7 Å². The molecule has 6 heteroatoms. The van der Waals surface area contributed by atoms with Crippen LogP contribution in [0.5, 0.6) is 5.75 Å². The van der Waals surface area contributed by atoms with E-state index in [0.717, 1.165) is 43.9 Å². The molecule has 1 fully saturated rings. The lowest BCUT2D eigenvalue weighted by Gasteiger charge is -2.32. The molecular weight excluding hydrogens is 304 g/mol. The second-order valence-corrected chi connectivity index (χ2v) is 6.38. The van der Waals surface area contributed by atoms with Crippen LogP contribution in [-0.4, -0.2) is 47.2 Å². The Morgan fingerprint density at radius 1 is 1.46 bits per heavy atom. The van der Waals surface area contributed by atoms with Crippen molar-refractivity contribution in [3.05, 3.63) is 47.3 Å². The minimum absolute atomic E-state index is 0.310. The van der Waals surface area contributed by atoms with Gasteiger partial charge in [0, 0.05) is 24.7 Å². The number of ether oxygens (including phenoxy) is 1. The second kappa shape index (κ2) is 7.49. The molecule has 1 atom stereocenters. The number of piperidine rings is 1. The number of nitrogens with zero attached hydrogens (tertiary/aromatic N) is 2. The molecule has 3 N–H and O–H groups in total. The number of carbonyl (C=O) groups excluding carboxylic acids is 1. The summed E-state index contributed by atoms with van der Waals surface area (Å²) >= 11 is 0. The molecule has 24 heavy (non-hydrogen) atoms. The van der Waals surface area contributed by atoms with Crippen LogP contribution in [0.1, 0.15) is 40.5 Å². The van der Waals surface area contributed by atoms with Gasteiger partial charge in [-0.25, -0.2) is 0 Å². The summed E-state index contributed by atoms with van der Waals surface area (Å²) in [6.45, 7) is 5.64. The summed E-state index contributed by atoms with van der Waals surface area (Å²) < 4.78 is 5.84. The van der Waals surface area contributed by atoms with Crippen LogP contribution in [0.25, 0.3) is 0 Å². The lowest BCUT2D eigenvalue weighted by Crippen LogP contribution is -2.37. The SMILES string of the molecule is Cc1cccc(OCCN2CCCC(c3cc(C(N)=O)n[nH]3)C2)c1. The minimum atomic E-state index is -0.489. The van der Waals surface area contributed by atoms with Crippen LogP contribution < -0.4 is 10.5 Å². The Balaban J connectivity index is 1.50. The fraction of sp³-hybridized carbons (Fsp3) is 0.444. The zero-order chi connectivity index (χ0) is 16.9. The van der Waals surface area contributed by atoms with Crippen molar-refractivity contribution in [2.75, 3.05) is 26.2 Å². The highest BCUT2D eigenvalue weighted by atomic mass is 16.5. The quantitative estimate of drug-likeness (QED) is 0.850. The van der Waals surface area contributed by atoms with Crippen LogP contribution in [0.15, 0.2) is 30.3 Å². The average Bonchev–Trinajstić information content (AvgIpc) is 3.06. The molecular formula is C18H24N4O2. The van der Waals surface area contributed by atoms with Gasteiger partial charge in [-0.15, -0.1) is 0 Å². The van der Waals surface area contributed by atoms with Gasteiger partial charge in [-0.05, 0) is 50.1 Å². The number of aryl methyl sites for hydroxylation is 1. The highest BCUT2D eigenvalue weighted by molar-refractivity contribution is 5.90. The number of H-pyrrole nitrogens is 1. The van der Waals surface area contributed by atoms with E-state index in [-0.39, 0.29) is 0 Å². The summed E-state index contributed by atoms with van der Waals surface area (Å²) in [7, 11) is 0. The third-order valence-corrected chi connectivity index (χ3v) is 4.46. The van der Waals surface area contributed by atoms with E-state index in [4.69, 9.17) is 10.5 Å². The molecule has 6 nitrogen and oxygen atoms in total. The lowest BCUT2D eigenvalue weighted by molar-refractivity contribution is 0.0995. The van der Waals surface area contributed by atoms with Crippen LogP contribution in [0.3, 0.4) is 0 Å². The van der Waals surface area contributed by atoms with E-state index >= 15 is 0 Å². The third-order valence-electron chi connectivity index (χ3n) is 4.46. The highest BCUT2D eigenvalue weighted by Gasteiger charge is 2.23. The largest absolute Gasteiger partial charge is 0.492 e. The number of primary amides is 1. The topological polar surface area (TPSA) is 84.2 Å². The predicted octanol–water partition coefficient (Wildman–Crippen LogP) is 2.08. The molecule has 0 radical (unpaired) electrons. The van der Waals surface area contributed by atoms with E-state index in [9.17, 15) is 4.79 Å². The van der Waals surface area contributed by atoms with Crippen molar-refractivity contribution >= 4 is 5.91 Å². The molecule has 2 heterocycles. The Hall–Kier alpha value is -2.34. The number of aromatic nitrogens is 2. The van der Waals surface area contributed by atoms with Gasteiger partial charge < -0.3 is 10.5 Å². The Labute approximate surface area is 142 Å². The summed E-state index contributed by atoms with van der Waals surface area (Å²) in [5, 5.41) is 6.94. The van der Waals surface area contributed by atoms with Crippen LogP contribution in [0.2, 0.25) is 0 Å². The highest BCUT2D eigenvalue weighted by Crippen LogP contribution is 2.25. The third kappa shape index (κ3) is 4.14. The van der Waals surface area contributed by atoms with E-state index < -0.39 is 5.91 Å². The van der Waals surface area contributed by atoms with Crippen molar-refractivity contribution in [1.82, 2.24) is 15.1 Å². The van der Waals surface area contributed by atoms with Gasteiger partial charge in [0.25, 0.3) is 5.91 Å². The molecule has 1 unspecified atom stereocenters. The summed E-state index contributed by atoms with van der Waals surface area (Å²) in [5.41, 5.74) is 7.77. The summed E-state index contributed by atoms with van der Waals surface area (Å²) in [5.74, 6) is 0.790. The first-order chi connectivity index (χ1) is 11.6. The number of aromatic amines is 1. The van der Waals surface area contributed by atoms with Crippen molar-refractivity contribution < 1.29 is 9.53 Å². The van der Waals surface area contributed by atoms with Gasteiger partial charge in [0.15, 0.2) is 0 Å². The Kier molecular flexibility index (Phi) is 5.15. The molecule has 0 aliphatic carbocycles. The van der Waals surface area contributed by atoms with E-state index in [1.165, 1.54) is 5.56 Å². The molecule has 0 bridgehead atoms. The normalized spacial score (nSPS) is 18.5. The standard InChI is InChI=1S/C18H24N4O2/c1-13-4-2-6-15(10-13)24-9-8-22-7-3-5-14(12-22)16-11-17(18(19)23)21-20-16/h2,4,6,10-11,14H,3,5,7-9,12H2,1H3,(H2,19,23)(H,20,21). The van der Waals surface area contributed by atoms with Crippen molar-refractivity contribution in [1.29, 1.82) is 0 Å². The number of rotatable bonds is 6. The molecule has 128 valence electrons. The molecule has 1 amide bonds. The lowest BCUT2D eigenvalue weighted by atomic mass is 9.94. The molecule has 1 aromatic carbocycles. The number of carbonyl (C=O) groups is 1. The Morgan fingerprint density at radius 2 is 2.33 bits per heavy atom. The van der Waals surface area contributed by atoms with Crippen LogP contribution in [0.4, 0.5) is 0 Å². The molecule has 1 aliphatic rings. The average molecular weight is 328 g/mol. The zero-order valence-electron chi connectivity index (χ0n) is 14.0. The summed E-state index contributed by atoms with van der Waals surface area (Å²) in [6.07, 6.45) is 2.22. The van der Waals surface area contributed by atoms with Crippen LogP contribution in [0, 0.1) is 6.92 Å². The van der Waals surface area contributed by atoms with Crippen molar-refractivity contribution in [3.63, 3.8) is 0 Å². The zero-order valence-corrected chi connectivity index (χ0v) is 14.0. The predicted molar refractivity (Wildman–Crippen MR) is 92.2 cm³/mol. The number of hydrogen-bond donors (Lipinski definition) is 2. The van der Waals surface area contributed by atoms with Gasteiger partial charge in [-0.1, -0.05) is 12.1 Å². The second-order valence-electron chi connectivity index (χ2n) is 6.38. The molecule has 3 rings (SSSR count). The minimum Gasteiger partial charge on any atom is -0.492 e. The summed E-state index contributed by atoms with van der Waals surface area (Å²) in [4.78, 5) is 13.6. The van der Waals surface area contributed by atoms with E-state index in [2.05, 4.69) is 34.2 Å². The molecule has 2 aromatic rings. The van der Waals surface area contributed by atoms with Gasteiger partial charge in [0.05, 0.1) is 0 Å². The smallest absolute Gasteiger partial charge is 0.269 e. The van der Waals surface area contributed by atoms with Crippen molar-refractivity contribution in [3.8, 4) is 5.75 Å². The number of amides is 1. The number of benzene rings is 1. The molecule has 1 saturated heterocycles.